The van der Waals surface area contributed by atoms with E-state index < -0.39 is 5.69 Å². The number of para-hydroxylation sites is 3. The Labute approximate surface area is 168 Å². The Morgan fingerprint density at radius 3 is 2.45 bits per heavy atom. The lowest BCUT2D eigenvalue weighted by molar-refractivity contribution is -0.116. The fourth-order valence-corrected chi connectivity index (χ4v) is 3.19. The zero-order valence-electron chi connectivity index (χ0n) is 16.8. The Balaban J connectivity index is 2.01. The summed E-state index contributed by atoms with van der Waals surface area (Å²) in [5.41, 5.74) is 0.154. The monoisotopic (exact) mass is 395 g/mol. The molecule has 0 radical (unpaired) electrons. The lowest BCUT2D eigenvalue weighted by Gasteiger charge is -2.15. The molecule has 0 spiro atoms. The maximum atomic E-state index is 13.0. The van der Waals surface area contributed by atoms with Crippen LogP contribution in [0.1, 0.15) is 20.3 Å². The number of rotatable bonds is 7. The molecule has 7 nitrogen and oxygen atoms in total. The van der Waals surface area contributed by atoms with Crippen LogP contribution in [0, 0.1) is 5.92 Å². The smallest absolute Gasteiger partial charge is 0.331 e. The molecule has 7 heteroatoms. The summed E-state index contributed by atoms with van der Waals surface area (Å²) in [7, 11) is 1.52. The second-order valence-electron chi connectivity index (χ2n) is 7.27. The summed E-state index contributed by atoms with van der Waals surface area (Å²) < 4.78 is 7.82. The Hall–Kier alpha value is -3.35. The van der Waals surface area contributed by atoms with Gasteiger partial charge in [-0.2, -0.15) is 0 Å². The molecular formula is C22H25N3O4. The highest BCUT2D eigenvalue weighted by molar-refractivity contribution is 5.93. The number of methoxy groups -OCH3 is 1. The third-order valence-electron chi connectivity index (χ3n) is 4.75. The predicted molar refractivity (Wildman–Crippen MR) is 114 cm³/mol. The first-order valence-corrected chi connectivity index (χ1v) is 9.57. The van der Waals surface area contributed by atoms with Crippen LogP contribution in [0.4, 0.5) is 5.69 Å². The number of amides is 1. The van der Waals surface area contributed by atoms with Gasteiger partial charge in [0.05, 0.1) is 23.7 Å². The van der Waals surface area contributed by atoms with E-state index in [2.05, 4.69) is 5.32 Å². The van der Waals surface area contributed by atoms with Gasteiger partial charge in [-0.3, -0.25) is 18.7 Å². The third kappa shape index (κ3) is 4.39. The maximum Gasteiger partial charge on any atom is 0.331 e. The van der Waals surface area contributed by atoms with Gasteiger partial charge in [-0.05, 0) is 36.6 Å². The van der Waals surface area contributed by atoms with Crippen molar-refractivity contribution in [2.24, 2.45) is 5.92 Å². The number of nitrogens with one attached hydrogen (secondary N) is 1. The minimum absolute atomic E-state index is 0.209. The fourth-order valence-electron chi connectivity index (χ4n) is 3.19. The van der Waals surface area contributed by atoms with Gasteiger partial charge in [0.15, 0.2) is 0 Å². The molecule has 0 saturated carbocycles. The van der Waals surface area contributed by atoms with Crippen molar-refractivity contribution in [3.63, 3.8) is 0 Å². The number of hydrogen-bond donors (Lipinski definition) is 1. The van der Waals surface area contributed by atoms with E-state index in [1.165, 1.54) is 16.2 Å². The lowest BCUT2D eigenvalue weighted by Crippen LogP contribution is -2.42. The number of anilines is 1. The standard InChI is InChI=1S/C22H25N3O4/c1-15(2)12-13-24-21(27)16-8-4-6-10-18(16)25(22(24)28)14-20(26)23-17-9-5-7-11-19(17)29-3/h4-11,15H,12-14H2,1-3H3,(H,23,26). The van der Waals surface area contributed by atoms with E-state index in [1.54, 1.807) is 48.5 Å². The molecule has 152 valence electrons. The predicted octanol–water partition coefficient (Wildman–Crippen LogP) is 2.86. The molecular weight excluding hydrogens is 370 g/mol. The minimum Gasteiger partial charge on any atom is -0.495 e. The van der Waals surface area contributed by atoms with Crippen molar-refractivity contribution in [3.05, 3.63) is 69.4 Å². The highest BCUT2D eigenvalue weighted by Gasteiger charge is 2.16. The van der Waals surface area contributed by atoms with E-state index in [1.807, 2.05) is 13.8 Å². The Morgan fingerprint density at radius 2 is 1.72 bits per heavy atom. The van der Waals surface area contributed by atoms with Gasteiger partial charge in [-0.25, -0.2) is 4.79 Å². The highest BCUT2D eigenvalue weighted by atomic mass is 16.5. The molecule has 0 aliphatic rings. The summed E-state index contributed by atoms with van der Waals surface area (Å²) in [6.07, 6.45) is 0.695. The van der Waals surface area contributed by atoms with Crippen molar-refractivity contribution < 1.29 is 9.53 Å². The minimum atomic E-state index is -0.482. The number of nitrogens with zero attached hydrogens (tertiary/aromatic N) is 2. The molecule has 1 heterocycles. The van der Waals surface area contributed by atoms with Gasteiger partial charge in [-0.1, -0.05) is 38.1 Å². The first kappa shape index (κ1) is 20.4. The highest BCUT2D eigenvalue weighted by Crippen LogP contribution is 2.23. The summed E-state index contributed by atoms with van der Waals surface area (Å²) in [6.45, 7) is 4.17. The molecule has 0 bridgehead atoms. The molecule has 0 aliphatic carbocycles. The Bertz CT molecular complexity index is 1140. The first-order chi connectivity index (χ1) is 13.9. The largest absolute Gasteiger partial charge is 0.495 e. The first-order valence-electron chi connectivity index (χ1n) is 9.57. The number of benzene rings is 2. The molecule has 0 aliphatic heterocycles. The molecule has 1 amide bonds. The van der Waals surface area contributed by atoms with Gasteiger partial charge in [0.1, 0.15) is 12.3 Å². The summed E-state index contributed by atoms with van der Waals surface area (Å²) in [4.78, 5) is 38.5. The van der Waals surface area contributed by atoms with Crippen LogP contribution in [0.5, 0.6) is 5.75 Å². The van der Waals surface area contributed by atoms with Gasteiger partial charge in [0.25, 0.3) is 5.56 Å². The SMILES string of the molecule is COc1ccccc1NC(=O)Cn1c(=O)n(CCC(C)C)c(=O)c2ccccc21. The fraction of sp³-hybridized carbons (Fsp3) is 0.318. The quantitative estimate of drug-likeness (QED) is 0.667. The number of carbonyl (C=O) groups is 1. The van der Waals surface area contributed by atoms with E-state index in [0.29, 0.717) is 41.2 Å². The molecule has 0 fully saturated rings. The van der Waals surface area contributed by atoms with Crippen LogP contribution in [0.25, 0.3) is 10.9 Å². The second-order valence-corrected chi connectivity index (χ2v) is 7.27. The summed E-state index contributed by atoms with van der Waals surface area (Å²) in [6, 6.07) is 13.9. The third-order valence-corrected chi connectivity index (χ3v) is 4.75. The van der Waals surface area contributed by atoms with Crippen molar-refractivity contribution in [1.82, 2.24) is 9.13 Å². The van der Waals surface area contributed by atoms with Crippen LogP contribution < -0.4 is 21.3 Å². The van der Waals surface area contributed by atoms with Crippen LogP contribution in [0.15, 0.2) is 58.1 Å². The molecule has 2 aromatic carbocycles. The van der Waals surface area contributed by atoms with Gasteiger partial charge in [0.2, 0.25) is 5.91 Å². The molecule has 0 saturated heterocycles. The van der Waals surface area contributed by atoms with E-state index in [-0.39, 0.29) is 18.0 Å². The molecule has 1 N–H and O–H groups in total. The Morgan fingerprint density at radius 1 is 1.03 bits per heavy atom. The lowest BCUT2D eigenvalue weighted by atomic mass is 10.1. The van der Waals surface area contributed by atoms with Crippen molar-refractivity contribution in [2.75, 3.05) is 12.4 Å². The van der Waals surface area contributed by atoms with Crippen LogP contribution >= 0.6 is 0 Å². The van der Waals surface area contributed by atoms with Gasteiger partial charge in [0, 0.05) is 6.54 Å². The molecule has 3 rings (SSSR count). The zero-order valence-corrected chi connectivity index (χ0v) is 16.8. The van der Waals surface area contributed by atoms with Crippen molar-refractivity contribution >= 4 is 22.5 Å². The molecule has 0 unspecified atom stereocenters. The average molecular weight is 395 g/mol. The van der Waals surface area contributed by atoms with E-state index >= 15 is 0 Å². The summed E-state index contributed by atoms with van der Waals surface area (Å²) in [5, 5.41) is 3.19. The van der Waals surface area contributed by atoms with Crippen LogP contribution in [-0.2, 0) is 17.9 Å². The van der Waals surface area contributed by atoms with E-state index in [4.69, 9.17) is 4.74 Å². The van der Waals surface area contributed by atoms with Crippen LogP contribution in [-0.4, -0.2) is 22.2 Å². The number of ether oxygens (including phenoxy) is 1. The number of aromatic nitrogens is 2. The van der Waals surface area contributed by atoms with Crippen LogP contribution in [0.3, 0.4) is 0 Å². The van der Waals surface area contributed by atoms with Gasteiger partial charge >= 0.3 is 5.69 Å². The zero-order chi connectivity index (χ0) is 21.0. The Kier molecular flexibility index (Phi) is 6.16. The average Bonchev–Trinajstić information content (AvgIpc) is 2.71. The summed E-state index contributed by atoms with van der Waals surface area (Å²) in [5.74, 6) is 0.492. The molecule has 1 aromatic heterocycles. The number of hydrogen-bond acceptors (Lipinski definition) is 4. The molecule has 3 aromatic rings. The summed E-state index contributed by atoms with van der Waals surface area (Å²) >= 11 is 0. The number of carbonyl (C=O) groups excluding carboxylic acids is 1. The molecule has 29 heavy (non-hydrogen) atoms. The van der Waals surface area contributed by atoms with E-state index in [9.17, 15) is 14.4 Å². The number of fused-ring (bicyclic) bond motifs is 1. The van der Waals surface area contributed by atoms with Crippen molar-refractivity contribution in [3.8, 4) is 5.75 Å². The topological polar surface area (TPSA) is 82.3 Å². The molecule has 0 atom stereocenters. The second kappa shape index (κ2) is 8.77. The van der Waals surface area contributed by atoms with Crippen molar-refractivity contribution in [1.29, 1.82) is 0 Å². The normalized spacial score (nSPS) is 11.0. The van der Waals surface area contributed by atoms with Gasteiger partial charge < -0.3 is 10.1 Å². The van der Waals surface area contributed by atoms with Crippen molar-refractivity contribution in [2.45, 2.75) is 33.4 Å². The van der Waals surface area contributed by atoms with Crippen LogP contribution in [0.2, 0.25) is 0 Å². The maximum absolute atomic E-state index is 13.0. The van der Waals surface area contributed by atoms with Gasteiger partial charge in [-0.15, -0.1) is 0 Å². The van der Waals surface area contributed by atoms with E-state index in [0.717, 1.165) is 0 Å².